The highest BCUT2D eigenvalue weighted by molar-refractivity contribution is 5.77. The van der Waals surface area contributed by atoms with Crippen LogP contribution in [0.1, 0.15) is 46.0 Å². The number of piperidine rings is 1. The van der Waals surface area contributed by atoms with Crippen LogP contribution in [0.25, 0.3) is 0 Å². The molecule has 2 heterocycles. The van der Waals surface area contributed by atoms with E-state index in [1.54, 1.807) is 0 Å². The summed E-state index contributed by atoms with van der Waals surface area (Å²) in [6.07, 6.45) is 5.27. The van der Waals surface area contributed by atoms with Crippen molar-refractivity contribution < 1.29 is 9.53 Å². The Labute approximate surface area is 116 Å². The zero-order chi connectivity index (χ0) is 13.7. The lowest BCUT2D eigenvalue weighted by Gasteiger charge is -2.33. The topological polar surface area (TPSA) is 41.6 Å². The van der Waals surface area contributed by atoms with Crippen molar-refractivity contribution in [2.75, 3.05) is 26.2 Å². The second-order valence-electron chi connectivity index (χ2n) is 6.17. The van der Waals surface area contributed by atoms with Gasteiger partial charge < -0.3 is 15.0 Å². The molecule has 2 rings (SSSR count). The predicted octanol–water partition coefficient (Wildman–Crippen LogP) is 1.79. The maximum atomic E-state index is 12.4. The third kappa shape index (κ3) is 4.46. The molecule has 19 heavy (non-hydrogen) atoms. The van der Waals surface area contributed by atoms with E-state index in [4.69, 9.17) is 4.74 Å². The number of carbonyl (C=O) groups is 1. The fourth-order valence-electron chi connectivity index (χ4n) is 3.06. The van der Waals surface area contributed by atoms with E-state index in [1.807, 2.05) is 0 Å². The van der Waals surface area contributed by atoms with E-state index in [1.165, 1.54) is 12.8 Å². The Kier molecular flexibility index (Phi) is 5.64. The number of nitrogens with zero attached hydrogens (tertiary/aromatic N) is 1. The van der Waals surface area contributed by atoms with Crippen molar-refractivity contribution in [1.29, 1.82) is 0 Å². The van der Waals surface area contributed by atoms with Gasteiger partial charge >= 0.3 is 0 Å². The summed E-state index contributed by atoms with van der Waals surface area (Å²) in [5.74, 6) is 0.942. The molecule has 2 aliphatic rings. The summed E-state index contributed by atoms with van der Waals surface area (Å²) in [4.78, 5) is 14.5. The number of hydrogen-bond donors (Lipinski definition) is 1. The van der Waals surface area contributed by atoms with Crippen LogP contribution in [0, 0.1) is 5.92 Å². The minimum atomic E-state index is 0.168. The zero-order valence-electron chi connectivity index (χ0n) is 12.4. The van der Waals surface area contributed by atoms with E-state index in [-0.39, 0.29) is 12.0 Å². The first-order chi connectivity index (χ1) is 9.16. The van der Waals surface area contributed by atoms with Crippen molar-refractivity contribution >= 4 is 5.91 Å². The summed E-state index contributed by atoms with van der Waals surface area (Å²) >= 11 is 0. The van der Waals surface area contributed by atoms with Crippen LogP contribution in [0.5, 0.6) is 0 Å². The molecule has 1 unspecified atom stereocenters. The number of carbonyl (C=O) groups excluding carboxylic acids is 1. The van der Waals surface area contributed by atoms with Crippen LogP contribution in [0.15, 0.2) is 0 Å². The molecule has 0 aromatic heterocycles. The highest BCUT2D eigenvalue weighted by Gasteiger charge is 2.26. The molecule has 4 nitrogen and oxygen atoms in total. The first kappa shape index (κ1) is 14.8. The number of nitrogens with one attached hydrogen (secondary N) is 1. The molecule has 0 aromatic carbocycles. The Hall–Kier alpha value is -0.610. The standard InChI is InChI=1S/C15H28N2O2/c1-12(2)17(11-13-5-7-16-8-6-13)15(18)10-14-4-3-9-19-14/h12-14,16H,3-11H2,1-2H3. The quantitative estimate of drug-likeness (QED) is 0.826. The Morgan fingerprint density at radius 3 is 2.63 bits per heavy atom. The number of rotatable bonds is 5. The van der Waals surface area contributed by atoms with Crippen molar-refractivity contribution in [3.8, 4) is 0 Å². The van der Waals surface area contributed by atoms with Gasteiger partial charge in [0.1, 0.15) is 0 Å². The summed E-state index contributed by atoms with van der Waals surface area (Å²) in [5.41, 5.74) is 0. The van der Waals surface area contributed by atoms with Gasteiger partial charge in [-0.3, -0.25) is 4.79 Å². The Balaban J connectivity index is 1.84. The molecule has 2 saturated heterocycles. The average molecular weight is 268 g/mol. The van der Waals surface area contributed by atoms with Crippen LogP contribution in [0.4, 0.5) is 0 Å². The van der Waals surface area contributed by atoms with Gasteiger partial charge in [0.25, 0.3) is 0 Å². The minimum Gasteiger partial charge on any atom is -0.378 e. The number of amides is 1. The van der Waals surface area contributed by atoms with Crippen molar-refractivity contribution in [3.63, 3.8) is 0 Å². The van der Waals surface area contributed by atoms with E-state index in [9.17, 15) is 4.79 Å². The van der Waals surface area contributed by atoms with E-state index < -0.39 is 0 Å². The summed E-state index contributed by atoms with van der Waals surface area (Å²) in [6, 6.07) is 0.295. The molecule has 2 aliphatic heterocycles. The van der Waals surface area contributed by atoms with Crippen molar-refractivity contribution in [2.24, 2.45) is 5.92 Å². The molecule has 1 N–H and O–H groups in total. The highest BCUT2D eigenvalue weighted by atomic mass is 16.5. The Morgan fingerprint density at radius 2 is 2.05 bits per heavy atom. The zero-order valence-corrected chi connectivity index (χ0v) is 12.4. The van der Waals surface area contributed by atoms with Gasteiger partial charge in [-0.05, 0) is 58.5 Å². The summed E-state index contributed by atoms with van der Waals surface area (Å²) in [5, 5.41) is 3.38. The molecule has 0 spiro atoms. The third-order valence-corrected chi connectivity index (χ3v) is 4.28. The molecule has 1 atom stereocenters. The lowest BCUT2D eigenvalue weighted by molar-refractivity contribution is -0.136. The SMILES string of the molecule is CC(C)N(CC1CCNCC1)C(=O)CC1CCCO1. The van der Waals surface area contributed by atoms with Crippen LogP contribution >= 0.6 is 0 Å². The van der Waals surface area contributed by atoms with Gasteiger partial charge in [-0.25, -0.2) is 0 Å². The van der Waals surface area contributed by atoms with Gasteiger partial charge in [-0.2, -0.15) is 0 Å². The van der Waals surface area contributed by atoms with Gasteiger partial charge in [-0.1, -0.05) is 0 Å². The lowest BCUT2D eigenvalue weighted by atomic mass is 9.96. The fraction of sp³-hybridized carbons (Fsp3) is 0.933. The molecule has 0 bridgehead atoms. The normalized spacial score (nSPS) is 24.9. The van der Waals surface area contributed by atoms with E-state index in [0.717, 1.165) is 39.1 Å². The van der Waals surface area contributed by atoms with Gasteiger partial charge in [0.15, 0.2) is 0 Å². The molecule has 0 radical (unpaired) electrons. The minimum absolute atomic E-state index is 0.168. The van der Waals surface area contributed by atoms with Crippen LogP contribution in [-0.2, 0) is 9.53 Å². The highest BCUT2D eigenvalue weighted by Crippen LogP contribution is 2.20. The molecular formula is C15H28N2O2. The Bertz CT molecular complexity index is 282. The summed E-state index contributed by atoms with van der Waals surface area (Å²) in [6.45, 7) is 8.18. The fourth-order valence-corrected chi connectivity index (χ4v) is 3.06. The van der Waals surface area contributed by atoms with Crippen LogP contribution < -0.4 is 5.32 Å². The molecular weight excluding hydrogens is 240 g/mol. The van der Waals surface area contributed by atoms with Gasteiger partial charge in [0, 0.05) is 19.2 Å². The van der Waals surface area contributed by atoms with Crippen LogP contribution in [0.3, 0.4) is 0 Å². The summed E-state index contributed by atoms with van der Waals surface area (Å²) in [7, 11) is 0. The van der Waals surface area contributed by atoms with E-state index >= 15 is 0 Å². The first-order valence-electron chi connectivity index (χ1n) is 7.78. The molecule has 0 saturated carbocycles. The third-order valence-electron chi connectivity index (χ3n) is 4.28. The second kappa shape index (κ2) is 7.25. The van der Waals surface area contributed by atoms with E-state index in [0.29, 0.717) is 18.4 Å². The molecule has 1 amide bonds. The van der Waals surface area contributed by atoms with E-state index in [2.05, 4.69) is 24.1 Å². The second-order valence-corrected chi connectivity index (χ2v) is 6.17. The largest absolute Gasteiger partial charge is 0.378 e. The van der Waals surface area contributed by atoms with Crippen LogP contribution in [-0.4, -0.2) is 49.2 Å². The number of hydrogen-bond acceptors (Lipinski definition) is 3. The average Bonchev–Trinajstić information content (AvgIpc) is 2.89. The number of ether oxygens (including phenoxy) is 1. The molecule has 0 aromatic rings. The van der Waals surface area contributed by atoms with Crippen molar-refractivity contribution in [1.82, 2.24) is 10.2 Å². The monoisotopic (exact) mass is 268 g/mol. The first-order valence-corrected chi connectivity index (χ1v) is 7.78. The van der Waals surface area contributed by atoms with Gasteiger partial charge in [0.2, 0.25) is 5.91 Å². The molecule has 2 fully saturated rings. The van der Waals surface area contributed by atoms with Gasteiger partial charge in [0.05, 0.1) is 12.5 Å². The molecule has 110 valence electrons. The lowest BCUT2D eigenvalue weighted by Crippen LogP contribution is -2.43. The Morgan fingerprint density at radius 1 is 1.32 bits per heavy atom. The smallest absolute Gasteiger partial charge is 0.225 e. The van der Waals surface area contributed by atoms with Crippen molar-refractivity contribution in [3.05, 3.63) is 0 Å². The summed E-state index contributed by atoms with van der Waals surface area (Å²) < 4.78 is 5.59. The van der Waals surface area contributed by atoms with Gasteiger partial charge in [-0.15, -0.1) is 0 Å². The maximum absolute atomic E-state index is 12.4. The predicted molar refractivity (Wildman–Crippen MR) is 76.0 cm³/mol. The molecule has 0 aliphatic carbocycles. The van der Waals surface area contributed by atoms with Crippen LogP contribution in [0.2, 0.25) is 0 Å². The van der Waals surface area contributed by atoms with Crippen molar-refractivity contribution in [2.45, 2.75) is 58.1 Å². The molecule has 4 heteroatoms. The maximum Gasteiger partial charge on any atom is 0.225 e.